The molecule has 0 aliphatic carbocycles. The van der Waals surface area contributed by atoms with Crippen LogP contribution in [0.1, 0.15) is 25.2 Å². The van der Waals surface area contributed by atoms with Gasteiger partial charge in [-0.05, 0) is 30.5 Å². The van der Waals surface area contributed by atoms with E-state index in [0.717, 1.165) is 12.0 Å². The van der Waals surface area contributed by atoms with Gasteiger partial charge >= 0.3 is 0 Å². The minimum Gasteiger partial charge on any atom is -0.507 e. The molecule has 2 aromatic rings. The highest BCUT2D eigenvalue weighted by Crippen LogP contribution is 2.28. The minimum atomic E-state index is 0.171. The molecule has 0 spiro atoms. The summed E-state index contributed by atoms with van der Waals surface area (Å²) in [6.07, 6.45) is 0.774. The molecule has 17 heavy (non-hydrogen) atoms. The van der Waals surface area contributed by atoms with Crippen LogP contribution >= 0.6 is 0 Å². The maximum Gasteiger partial charge on any atom is 0.261 e. The molecule has 0 aliphatic heterocycles. The van der Waals surface area contributed by atoms with Crippen LogP contribution in [0.5, 0.6) is 5.75 Å². The first-order valence-corrected chi connectivity index (χ1v) is 5.69. The maximum atomic E-state index is 9.81. The average Bonchev–Trinajstić information content (AvgIpc) is 2.65. The summed E-state index contributed by atoms with van der Waals surface area (Å²) in [5.74, 6) is 1.70. The molecule has 0 bridgehead atoms. The second kappa shape index (κ2) is 4.57. The Morgan fingerprint density at radius 2 is 2.12 bits per heavy atom. The van der Waals surface area contributed by atoms with E-state index >= 15 is 0 Å². The lowest BCUT2D eigenvalue weighted by molar-refractivity contribution is 0.413. The first-order chi connectivity index (χ1) is 8.06. The van der Waals surface area contributed by atoms with Gasteiger partial charge in [-0.3, -0.25) is 0 Å². The van der Waals surface area contributed by atoms with Crippen LogP contribution in [0, 0.1) is 12.8 Å². The minimum absolute atomic E-state index is 0.171. The van der Waals surface area contributed by atoms with Crippen molar-refractivity contribution in [2.75, 3.05) is 0 Å². The third-order valence-corrected chi connectivity index (χ3v) is 2.44. The standard InChI is InChI=1S/C13H16N2O2/c1-8(2)6-12-14-13(17-15-12)10-5-4-9(3)7-11(10)16/h4-5,7-8,16H,6H2,1-3H3. The van der Waals surface area contributed by atoms with E-state index in [4.69, 9.17) is 4.52 Å². The van der Waals surface area contributed by atoms with Gasteiger partial charge in [0.05, 0.1) is 5.56 Å². The zero-order chi connectivity index (χ0) is 12.4. The van der Waals surface area contributed by atoms with E-state index < -0.39 is 0 Å². The van der Waals surface area contributed by atoms with Gasteiger partial charge in [-0.25, -0.2) is 0 Å². The van der Waals surface area contributed by atoms with Gasteiger partial charge in [-0.2, -0.15) is 4.98 Å². The van der Waals surface area contributed by atoms with Gasteiger partial charge in [0.1, 0.15) is 5.75 Å². The summed E-state index contributed by atoms with van der Waals surface area (Å²) < 4.78 is 5.15. The summed E-state index contributed by atoms with van der Waals surface area (Å²) in [4.78, 5) is 4.27. The summed E-state index contributed by atoms with van der Waals surface area (Å²) in [5, 5.41) is 13.7. The van der Waals surface area contributed by atoms with Crippen molar-refractivity contribution in [2.45, 2.75) is 27.2 Å². The number of phenols is 1. The van der Waals surface area contributed by atoms with Gasteiger partial charge in [0, 0.05) is 6.42 Å². The predicted octanol–water partition coefficient (Wildman–Crippen LogP) is 2.95. The van der Waals surface area contributed by atoms with E-state index in [1.807, 2.05) is 13.0 Å². The van der Waals surface area contributed by atoms with Crippen molar-refractivity contribution in [3.63, 3.8) is 0 Å². The van der Waals surface area contributed by atoms with E-state index in [1.54, 1.807) is 12.1 Å². The number of rotatable bonds is 3. The zero-order valence-electron chi connectivity index (χ0n) is 10.3. The fourth-order valence-electron chi connectivity index (χ4n) is 1.63. The first kappa shape index (κ1) is 11.6. The number of nitrogens with zero attached hydrogens (tertiary/aromatic N) is 2. The van der Waals surface area contributed by atoms with Crippen LogP contribution in [-0.2, 0) is 6.42 Å². The summed E-state index contributed by atoms with van der Waals surface area (Å²) in [6, 6.07) is 5.38. The SMILES string of the molecule is Cc1ccc(-c2nc(CC(C)C)no2)c(O)c1. The smallest absolute Gasteiger partial charge is 0.261 e. The molecule has 0 saturated carbocycles. The van der Waals surface area contributed by atoms with Crippen molar-refractivity contribution in [3.8, 4) is 17.2 Å². The van der Waals surface area contributed by atoms with Gasteiger partial charge < -0.3 is 9.63 Å². The van der Waals surface area contributed by atoms with E-state index in [9.17, 15) is 5.11 Å². The Bertz CT molecular complexity index is 518. The molecule has 4 heteroatoms. The van der Waals surface area contributed by atoms with Crippen molar-refractivity contribution in [2.24, 2.45) is 5.92 Å². The highest BCUT2D eigenvalue weighted by Gasteiger charge is 2.13. The molecule has 0 radical (unpaired) electrons. The van der Waals surface area contributed by atoms with Crippen LogP contribution in [-0.4, -0.2) is 15.2 Å². The van der Waals surface area contributed by atoms with Crippen LogP contribution in [0.4, 0.5) is 0 Å². The van der Waals surface area contributed by atoms with Gasteiger partial charge in [-0.15, -0.1) is 0 Å². The Morgan fingerprint density at radius 1 is 1.35 bits per heavy atom. The van der Waals surface area contributed by atoms with Gasteiger partial charge in [0.15, 0.2) is 5.82 Å². The molecule has 4 nitrogen and oxygen atoms in total. The van der Waals surface area contributed by atoms with Crippen molar-refractivity contribution >= 4 is 0 Å². The molecular formula is C13H16N2O2. The monoisotopic (exact) mass is 232 g/mol. The average molecular weight is 232 g/mol. The van der Waals surface area contributed by atoms with Crippen molar-refractivity contribution in [3.05, 3.63) is 29.6 Å². The molecule has 1 heterocycles. The maximum absolute atomic E-state index is 9.81. The normalized spacial score (nSPS) is 11.1. The molecule has 1 N–H and O–H groups in total. The molecule has 0 fully saturated rings. The van der Waals surface area contributed by atoms with Crippen LogP contribution in [0.2, 0.25) is 0 Å². The Labute approximate surface area is 100 Å². The van der Waals surface area contributed by atoms with E-state index in [0.29, 0.717) is 23.2 Å². The Balaban J connectivity index is 2.30. The molecule has 90 valence electrons. The van der Waals surface area contributed by atoms with Crippen molar-refractivity contribution in [1.29, 1.82) is 0 Å². The van der Waals surface area contributed by atoms with E-state index in [1.165, 1.54) is 0 Å². The first-order valence-electron chi connectivity index (χ1n) is 5.69. The van der Waals surface area contributed by atoms with Crippen LogP contribution in [0.3, 0.4) is 0 Å². The van der Waals surface area contributed by atoms with Crippen molar-refractivity contribution in [1.82, 2.24) is 10.1 Å². The fourth-order valence-corrected chi connectivity index (χ4v) is 1.63. The molecule has 0 amide bonds. The highest BCUT2D eigenvalue weighted by atomic mass is 16.5. The molecule has 1 aromatic carbocycles. The number of benzene rings is 1. The van der Waals surface area contributed by atoms with E-state index in [-0.39, 0.29) is 5.75 Å². The number of hydrogen-bond acceptors (Lipinski definition) is 4. The summed E-state index contributed by atoms with van der Waals surface area (Å²) in [6.45, 7) is 6.11. The summed E-state index contributed by atoms with van der Waals surface area (Å²) in [7, 11) is 0. The number of phenolic OH excluding ortho intramolecular Hbond substituents is 1. The molecule has 2 rings (SSSR count). The highest BCUT2D eigenvalue weighted by molar-refractivity contribution is 5.62. The second-order valence-corrected chi connectivity index (χ2v) is 4.63. The molecule has 0 saturated heterocycles. The fraction of sp³-hybridized carbons (Fsp3) is 0.385. The number of hydrogen-bond donors (Lipinski definition) is 1. The lowest BCUT2D eigenvalue weighted by Crippen LogP contribution is -1.95. The number of aryl methyl sites for hydroxylation is 1. The number of aromatic hydroxyl groups is 1. The van der Waals surface area contributed by atoms with Gasteiger partial charge in [0.25, 0.3) is 5.89 Å². The zero-order valence-corrected chi connectivity index (χ0v) is 10.3. The Kier molecular flexibility index (Phi) is 3.13. The molecule has 0 atom stereocenters. The summed E-state index contributed by atoms with van der Waals surface area (Å²) in [5.41, 5.74) is 1.58. The van der Waals surface area contributed by atoms with E-state index in [2.05, 4.69) is 24.0 Å². The topological polar surface area (TPSA) is 59.2 Å². The number of aromatic nitrogens is 2. The van der Waals surface area contributed by atoms with Crippen LogP contribution in [0.15, 0.2) is 22.7 Å². The molecule has 0 unspecified atom stereocenters. The Hall–Kier alpha value is -1.84. The Morgan fingerprint density at radius 3 is 2.76 bits per heavy atom. The molecular weight excluding hydrogens is 216 g/mol. The second-order valence-electron chi connectivity index (χ2n) is 4.63. The predicted molar refractivity (Wildman–Crippen MR) is 64.7 cm³/mol. The third-order valence-electron chi connectivity index (χ3n) is 2.44. The lowest BCUT2D eigenvalue weighted by Gasteiger charge is -2.00. The van der Waals surface area contributed by atoms with Crippen LogP contribution < -0.4 is 0 Å². The molecule has 1 aromatic heterocycles. The summed E-state index contributed by atoms with van der Waals surface area (Å²) >= 11 is 0. The largest absolute Gasteiger partial charge is 0.507 e. The third kappa shape index (κ3) is 2.64. The van der Waals surface area contributed by atoms with Crippen molar-refractivity contribution < 1.29 is 9.63 Å². The quantitative estimate of drug-likeness (QED) is 0.883. The van der Waals surface area contributed by atoms with Gasteiger partial charge in [-0.1, -0.05) is 25.1 Å². The van der Waals surface area contributed by atoms with Gasteiger partial charge in [0.2, 0.25) is 0 Å². The molecule has 0 aliphatic rings. The van der Waals surface area contributed by atoms with Crippen LogP contribution in [0.25, 0.3) is 11.5 Å². The lowest BCUT2D eigenvalue weighted by atomic mass is 10.1.